The molecule has 118 valence electrons. The first kappa shape index (κ1) is 16.6. The van der Waals surface area contributed by atoms with Gasteiger partial charge in [-0.25, -0.2) is 8.42 Å². The van der Waals surface area contributed by atoms with Crippen LogP contribution >= 0.6 is 11.6 Å². The number of halogens is 1. The van der Waals surface area contributed by atoms with E-state index in [1.54, 1.807) is 12.1 Å². The monoisotopic (exact) mass is 329 g/mol. The molecule has 21 heavy (non-hydrogen) atoms. The first-order valence-electron chi connectivity index (χ1n) is 7.74. The Kier molecular flexibility index (Phi) is 5.94. The minimum absolute atomic E-state index is 0.209. The van der Waals surface area contributed by atoms with Crippen LogP contribution in [-0.2, 0) is 9.84 Å². The van der Waals surface area contributed by atoms with Gasteiger partial charge >= 0.3 is 0 Å². The van der Waals surface area contributed by atoms with E-state index in [4.69, 9.17) is 11.6 Å². The third kappa shape index (κ3) is 4.13. The Hall–Kier alpha value is -0.740. The third-order valence-electron chi connectivity index (χ3n) is 4.06. The van der Waals surface area contributed by atoms with Gasteiger partial charge in [0.05, 0.1) is 10.6 Å². The SMILES string of the molecule is CCCS(=O)(=O)c1ccc(N2CCCCCC2CCl)cc1. The molecule has 1 aliphatic heterocycles. The number of hydrogen-bond donors (Lipinski definition) is 0. The number of alkyl halides is 1. The van der Waals surface area contributed by atoms with E-state index in [0.29, 0.717) is 23.2 Å². The second kappa shape index (κ2) is 7.50. The van der Waals surface area contributed by atoms with Crippen LogP contribution in [0.1, 0.15) is 39.0 Å². The minimum atomic E-state index is -3.13. The molecule has 1 saturated heterocycles. The first-order valence-corrected chi connectivity index (χ1v) is 9.92. The van der Waals surface area contributed by atoms with E-state index >= 15 is 0 Å². The maximum absolute atomic E-state index is 12.1. The molecule has 0 amide bonds. The summed E-state index contributed by atoms with van der Waals surface area (Å²) >= 11 is 6.11. The number of anilines is 1. The maximum atomic E-state index is 12.1. The average Bonchev–Trinajstić information content (AvgIpc) is 2.72. The molecule has 0 aliphatic carbocycles. The summed E-state index contributed by atoms with van der Waals surface area (Å²) in [7, 11) is -3.13. The molecule has 0 bridgehead atoms. The van der Waals surface area contributed by atoms with Gasteiger partial charge in [-0.05, 0) is 43.5 Å². The van der Waals surface area contributed by atoms with E-state index in [-0.39, 0.29) is 5.75 Å². The fourth-order valence-electron chi connectivity index (χ4n) is 2.91. The van der Waals surface area contributed by atoms with Crippen molar-refractivity contribution in [2.45, 2.75) is 50.0 Å². The molecule has 0 aromatic heterocycles. The van der Waals surface area contributed by atoms with Crippen molar-refractivity contribution in [2.75, 3.05) is 23.1 Å². The fourth-order valence-corrected chi connectivity index (χ4v) is 4.55. The summed E-state index contributed by atoms with van der Waals surface area (Å²) in [4.78, 5) is 2.75. The molecule has 1 atom stereocenters. The quantitative estimate of drug-likeness (QED) is 0.770. The van der Waals surface area contributed by atoms with Crippen LogP contribution in [0.2, 0.25) is 0 Å². The van der Waals surface area contributed by atoms with Gasteiger partial charge in [0, 0.05) is 24.2 Å². The lowest BCUT2D eigenvalue weighted by Crippen LogP contribution is -2.36. The second-order valence-electron chi connectivity index (χ2n) is 5.66. The van der Waals surface area contributed by atoms with Crippen molar-refractivity contribution < 1.29 is 8.42 Å². The minimum Gasteiger partial charge on any atom is -0.367 e. The normalized spacial score (nSPS) is 20.3. The molecule has 1 fully saturated rings. The van der Waals surface area contributed by atoms with Crippen LogP contribution in [0.5, 0.6) is 0 Å². The second-order valence-corrected chi connectivity index (χ2v) is 8.08. The molecule has 0 spiro atoms. The Morgan fingerprint density at radius 2 is 1.90 bits per heavy atom. The van der Waals surface area contributed by atoms with Crippen LogP contribution in [0, 0.1) is 0 Å². The standard InChI is InChI=1S/C16H24ClNO2S/c1-2-12-21(19,20)16-9-7-14(8-10-16)18-11-5-3-4-6-15(18)13-17/h7-10,15H,2-6,11-13H2,1H3. The molecule has 1 aromatic rings. The van der Waals surface area contributed by atoms with Crippen molar-refractivity contribution in [1.82, 2.24) is 0 Å². The van der Waals surface area contributed by atoms with Gasteiger partial charge < -0.3 is 4.90 Å². The van der Waals surface area contributed by atoms with Gasteiger partial charge in [-0.3, -0.25) is 0 Å². The molecule has 2 rings (SSSR count). The predicted molar refractivity (Wildman–Crippen MR) is 89.1 cm³/mol. The van der Waals surface area contributed by atoms with Gasteiger partial charge in [-0.2, -0.15) is 0 Å². The molecule has 1 aromatic carbocycles. The van der Waals surface area contributed by atoms with Crippen molar-refractivity contribution in [3.63, 3.8) is 0 Å². The Labute approximate surface area is 133 Å². The molecule has 1 heterocycles. The molecule has 3 nitrogen and oxygen atoms in total. The van der Waals surface area contributed by atoms with Crippen molar-refractivity contribution >= 4 is 27.1 Å². The molecule has 1 unspecified atom stereocenters. The van der Waals surface area contributed by atoms with E-state index in [0.717, 1.165) is 18.7 Å². The fraction of sp³-hybridized carbons (Fsp3) is 0.625. The summed E-state index contributed by atoms with van der Waals surface area (Å²) in [6, 6.07) is 7.67. The Morgan fingerprint density at radius 1 is 1.19 bits per heavy atom. The summed E-state index contributed by atoms with van der Waals surface area (Å²) in [5.41, 5.74) is 1.08. The van der Waals surface area contributed by atoms with Crippen LogP contribution in [-0.4, -0.2) is 32.6 Å². The largest absolute Gasteiger partial charge is 0.367 e. The first-order chi connectivity index (χ1) is 10.1. The zero-order chi connectivity index (χ0) is 15.3. The number of benzene rings is 1. The lowest BCUT2D eigenvalue weighted by atomic mass is 10.1. The molecular weight excluding hydrogens is 306 g/mol. The van der Waals surface area contributed by atoms with E-state index in [1.807, 2.05) is 19.1 Å². The summed E-state index contributed by atoms with van der Waals surface area (Å²) in [6.45, 7) is 2.88. The highest BCUT2D eigenvalue weighted by atomic mass is 35.5. The molecule has 5 heteroatoms. The van der Waals surface area contributed by atoms with Crippen LogP contribution in [0.15, 0.2) is 29.2 Å². The van der Waals surface area contributed by atoms with Crippen LogP contribution in [0.4, 0.5) is 5.69 Å². The van der Waals surface area contributed by atoms with Gasteiger partial charge in [0.15, 0.2) is 9.84 Å². The van der Waals surface area contributed by atoms with Crippen LogP contribution in [0.3, 0.4) is 0 Å². The van der Waals surface area contributed by atoms with Gasteiger partial charge in [0.25, 0.3) is 0 Å². The lowest BCUT2D eigenvalue weighted by Gasteiger charge is -2.31. The van der Waals surface area contributed by atoms with Crippen molar-refractivity contribution in [2.24, 2.45) is 0 Å². The topological polar surface area (TPSA) is 37.4 Å². The molecule has 1 aliphatic rings. The highest BCUT2D eigenvalue weighted by Crippen LogP contribution is 2.26. The molecule has 0 saturated carbocycles. The number of nitrogens with zero attached hydrogens (tertiary/aromatic N) is 1. The Bertz CT molecular complexity index is 542. The Morgan fingerprint density at radius 3 is 2.52 bits per heavy atom. The third-order valence-corrected chi connectivity index (χ3v) is 6.35. The summed E-state index contributed by atoms with van der Waals surface area (Å²) < 4.78 is 24.1. The average molecular weight is 330 g/mol. The van der Waals surface area contributed by atoms with Crippen molar-refractivity contribution in [3.8, 4) is 0 Å². The predicted octanol–water partition coefficient (Wildman–Crippen LogP) is 3.86. The number of rotatable bonds is 5. The zero-order valence-electron chi connectivity index (χ0n) is 12.6. The van der Waals surface area contributed by atoms with Gasteiger partial charge in [-0.15, -0.1) is 11.6 Å². The van der Waals surface area contributed by atoms with E-state index in [2.05, 4.69) is 4.90 Å². The zero-order valence-corrected chi connectivity index (χ0v) is 14.2. The number of hydrogen-bond acceptors (Lipinski definition) is 3. The lowest BCUT2D eigenvalue weighted by molar-refractivity contribution is 0.594. The summed E-state index contributed by atoms with van der Waals surface area (Å²) in [6.07, 6.45) is 5.39. The highest BCUT2D eigenvalue weighted by Gasteiger charge is 2.21. The molecule has 0 radical (unpaired) electrons. The van der Waals surface area contributed by atoms with E-state index in [1.165, 1.54) is 19.3 Å². The summed E-state index contributed by atoms with van der Waals surface area (Å²) in [5, 5.41) is 0. The van der Waals surface area contributed by atoms with Crippen LogP contribution < -0.4 is 4.90 Å². The van der Waals surface area contributed by atoms with Gasteiger partial charge in [0.1, 0.15) is 0 Å². The summed E-state index contributed by atoms with van der Waals surface area (Å²) in [5.74, 6) is 0.830. The Balaban J connectivity index is 2.21. The molecule has 0 N–H and O–H groups in total. The molecular formula is C16H24ClNO2S. The smallest absolute Gasteiger partial charge is 0.178 e. The van der Waals surface area contributed by atoms with Crippen LogP contribution in [0.25, 0.3) is 0 Å². The van der Waals surface area contributed by atoms with Crippen molar-refractivity contribution in [1.29, 1.82) is 0 Å². The van der Waals surface area contributed by atoms with Gasteiger partial charge in [0.2, 0.25) is 0 Å². The number of sulfone groups is 1. The van der Waals surface area contributed by atoms with E-state index < -0.39 is 9.84 Å². The van der Waals surface area contributed by atoms with Crippen molar-refractivity contribution in [3.05, 3.63) is 24.3 Å². The highest BCUT2D eigenvalue weighted by molar-refractivity contribution is 7.91. The van der Waals surface area contributed by atoms with Gasteiger partial charge in [-0.1, -0.05) is 19.8 Å². The maximum Gasteiger partial charge on any atom is 0.178 e. The van der Waals surface area contributed by atoms with E-state index in [9.17, 15) is 8.42 Å².